The molecular weight excluding hydrogens is 486 g/mol. The Bertz CT molecular complexity index is 1260. The molecule has 7 nitrogen and oxygen atoms in total. The summed E-state index contributed by atoms with van der Waals surface area (Å²) in [6.45, 7) is 10.7. The normalized spacial score (nSPS) is 19.6. The molecule has 198 valence electrons. The summed E-state index contributed by atoms with van der Waals surface area (Å²) in [6.07, 6.45) is 4.93. The molecular formula is C29H37N3O4S. The largest absolute Gasteiger partial charge is 0.350 e. The zero-order chi connectivity index (χ0) is 26.8. The lowest BCUT2D eigenvalue weighted by molar-refractivity contribution is -0.117. The summed E-state index contributed by atoms with van der Waals surface area (Å²) in [5, 5.41) is 5.84. The number of piperidine rings is 1. The number of carbonyl (C=O) groups excluding carboxylic acids is 2. The van der Waals surface area contributed by atoms with Crippen molar-refractivity contribution in [3.8, 4) is 0 Å². The molecule has 1 unspecified atom stereocenters. The Labute approximate surface area is 220 Å². The maximum absolute atomic E-state index is 13.6. The van der Waals surface area contributed by atoms with Gasteiger partial charge >= 0.3 is 0 Å². The maximum atomic E-state index is 13.6. The maximum Gasteiger partial charge on any atom is 0.251 e. The molecule has 37 heavy (non-hydrogen) atoms. The van der Waals surface area contributed by atoms with E-state index in [1.807, 2.05) is 12.1 Å². The Morgan fingerprint density at radius 1 is 1.08 bits per heavy atom. The third kappa shape index (κ3) is 5.80. The second-order valence-electron chi connectivity index (χ2n) is 11.2. The molecule has 0 bridgehead atoms. The summed E-state index contributed by atoms with van der Waals surface area (Å²) in [6, 6.07) is 14.3. The third-order valence-corrected chi connectivity index (χ3v) is 9.65. The van der Waals surface area contributed by atoms with E-state index < -0.39 is 15.6 Å². The predicted molar refractivity (Wildman–Crippen MR) is 145 cm³/mol. The summed E-state index contributed by atoms with van der Waals surface area (Å²) in [5.74, 6) is -0.482. The molecule has 1 saturated heterocycles. The smallest absolute Gasteiger partial charge is 0.251 e. The number of hydrogen-bond acceptors (Lipinski definition) is 4. The molecule has 2 N–H and O–H groups in total. The van der Waals surface area contributed by atoms with Crippen LogP contribution in [-0.2, 0) is 26.8 Å². The van der Waals surface area contributed by atoms with E-state index in [1.54, 1.807) is 16.4 Å². The molecule has 2 fully saturated rings. The minimum atomic E-state index is -3.73. The van der Waals surface area contributed by atoms with Crippen LogP contribution in [0.2, 0.25) is 0 Å². The zero-order valence-electron chi connectivity index (χ0n) is 21.9. The van der Waals surface area contributed by atoms with Crippen LogP contribution in [0.5, 0.6) is 0 Å². The fourth-order valence-electron chi connectivity index (χ4n) is 5.28. The average molecular weight is 524 g/mol. The molecule has 4 rings (SSSR count). The lowest BCUT2D eigenvalue weighted by atomic mass is 9.70. The van der Waals surface area contributed by atoms with E-state index in [0.717, 1.165) is 24.8 Å². The number of amides is 2. The Morgan fingerprint density at radius 2 is 1.73 bits per heavy atom. The van der Waals surface area contributed by atoms with Crippen LogP contribution in [0.15, 0.2) is 66.1 Å². The summed E-state index contributed by atoms with van der Waals surface area (Å²) >= 11 is 0. The monoisotopic (exact) mass is 523 g/mol. The van der Waals surface area contributed by atoms with Gasteiger partial charge in [-0.05, 0) is 79.0 Å². The number of benzene rings is 2. The number of nitrogens with zero attached hydrogens (tertiary/aromatic N) is 1. The van der Waals surface area contributed by atoms with Crippen molar-refractivity contribution in [2.24, 2.45) is 0 Å². The van der Waals surface area contributed by atoms with Gasteiger partial charge in [0.05, 0.1) is 4.90 Å². The van der Waals surface area contributed by atoms with Gasteiger partial charge in [-0.3, -0.25) is 9.59 Å². The fraction of sp³-hybridized carbons (Fsp3) is 0.448. The average Bonchev–Trinajstić information content (AvgIpc) is 2.85. The number of carbonyl (C=O) groups is 2. The second kappa shape index (κ2) is 10.4. The van der Waals surface area contributed by atoms with Gasteiger partial charge in [0.15, 0.2) is 0 Å². The van der Waals surface area contributed by atoms with Crippen LogP contribution in [0.25, 0.3) is 0 Å². The first-order valence-electron chi connectivity index (χ1n) is 12.9. The number of nitrogens with one attached hydrogen (secondary N) is 2. The van der Waals surface area contributed by atoms with Gasteiger partial charge in [0.1, 0.15) is 0 Å². The van der Waals surface area contributed by atoms with E-state index in [4.69, 9.17) is 0 Å². The molecule has 1 aliphatic heterocycles. The highest BCUT2D eigenvalue weighted by atomic mass is 32.2. The first kappa shape index (κ1) is 27.1. The van der Waals surface area contributed by atoms with Gasteiger partial charge in [-0.1, -0.05) is 51.6 Å². The summed E-state index contributed by atoms with van der Waals surface area (Å²) in [7, 11) is -3.73. The Balaban J connectivity index is 1.41. The number of rotatable bonds is 7. The Hall–Kier alpha value is -2.97. The molecule has 1 aliphatic carbocycles. The van der Waals surface area contributed by atoms with Crippen molar-refractivity contribution < 1.29 is 18.0 Å². The van der Waals surface area contributed by atoms with Gasteiger partial charge in [0, 0.05) is 30.2 Å². The van der Waals surface area contributed by atoms with Gasteiger partial charge in [0.25, 0.3) is 5.91 Å². The van der Waals surface area contributed by atoms with Crippen molar-refractivity contribution in [3.05, 3.63) is 77.9 Å². The van der Waals surface area contributed by atoms with E-state index >= 15 is 0 Å². The van der Waals surface area contributed by atoms with Crippen molar-refractivity contribution in [1.29, 1.82) is 0 Å². The molecule has 1 spiro atoms. The molecule has 0 radical (unpaired) electrons. The van der Waals surface area contributed by atoms with Crippen LogP contribution in [0.4, 0.5) is 0 Å². The minimum absolute atomic E-state index is 0.0620. The second-order valence-corrected chi connectivity index (χ2v) is 13.1. The molecule has 1 saturated carbocycles. The van der Waals surface area contributed by atoms with Gasteiger partial charge in [-0.25, -0.2) is 8.42 Å². The lowest BCUT2D eigenvalue weighted by Gasteiger charge is -2.54. The highest BCUT2D eigenvalue weighted by Gasteiger charge is 2.51. The van der Waals surface area contributed by atoms with Crippen LogP contribution in [0.1, 0.15) is 74.4 Å². The van der Waals surface area contributed by atoms with Crippen LogP contribution < -0.4 is 10.6 Å². The SMILES string of the molecule is C=CC(=O)NC1CCN(S(=O)(=O)c2ccc(C(=O)NCc3ccc(C(C)(C)C)cc3)cc2)C2(CCC2)C1. The molecule has 1 heterocycles. The quantitative estimate of drug-likeness (QED) is 0.529. The Kier molecular flexibility index (Phi) is 7.62. The van der Waals surface area contributed by atoms with Gasteiger partial charge in [0.2, 0.25) is 15.9 Å². The van der Waals surface area contributed by atoms with Crippen molar-refractivity contribution in [2.45, 2.75) is 81.3 Å². The molecule has 0 aromatic heterocycles. The van der Waals surface area contributed by atoms with Crippen LogP contribution in [0.3, 0.4) is 0 Å². The van der Waals surface area contributed by atoms with Crippen LogP contribution in [0, 0.1) is 0 Å². The lowest BCUT2D eigenvalue weighted by Crippen LogP contribution is -2.63. The minimum Gasteiger partial charge on any atom is -0.350 e. The fourth-order valence-corrected chi connectivity index (χ4v) is 7.13. The highest BCUT2D eigenvalue weighted by molar-refractivity contribution is 7.89. The van der Waals surface area contributed by atoms with E-state index in [1.165, 1.54) is 23.8 Å². The van der Waals surface area contributed by atoms with E-state index in [9.17, 15) is 18.0 Å². The molecule has 8 heteroatoms. The van der Waals surface area contributed by atoms with Crippen molar-refractivity contribution in [3.63, 3.8) is 0 Å². The van der Waals surface area contributed by atoms with Gasteiger partial charge in [-0.2, -0.15) is 4.31 Å². The van der Waals surface area contributed by atoms with E-state index in [0.29, 0.717) is 31.5 Å². The van der Waals surface area contributed by atoms with E-state index in [-0.39, 0.29) is 28.2 Å². The summed E-state index contributed by atoms with van der Waals surface area (Å²) in [5.41, 5.74) is 2.25. The van der Waals surface area contributed by atoms with Crippen LogP contribution >= 0.6 is 0 Å². The summed E-state index contributed by atoms with van der Waals surface area (Å²) in [4.78, 5) is 24.7. The van der Waals surface area contributed by atoms with Crippen molar-refractivity contribution in [2.75, 3.05) is 6.54 Å². The van der Waals surface area contributed by atoms with Crippen molar-refractivity contribution >= 4 is 21.8 Å². The van der Waals surface area contributed by atoms with Crippen molar-refractivity contribution in [1.82, 2.24) is 14.9 Å². The molecule has 2 amide bonds. The zero-order valence-corrected chi connectivity index (χ0v) is 22.7. The highest BCUT2D eigenvalue weighted by Crippen LogP contribution is 2.46. The first-order valence-corrected chi connectivity index (χ1v) is 14.3. The number of sulfonamides is 1. The predicted octanol–water partition coefficient (Wildman–Crippen LogP) is 4.29. The first-order chi connectivity index (χ1) is 17.4. The molecule has 2 aliphatic rings. The van der Waals surface area contributed by atoms with E-state index in [2.05, 4.69) is 50.1 Å². The molecule has 2 aromatic carbocycles. The molecule has 1 atom stereocenters. The van der Waals surface area contributed by atoms with Crippen LogP contribution in [-0.4, -0.2) is 42.7 Å². The topological polar surface area (TPSA) is 95.6 Å². The molecule has 2 aromatic rings. The number of hydrogen-bond donors (Lipinski definition) is 2. The Morgan fingerprint density at radius 3 is 2.27 bits per heavy atom. The standard InChI is InChI=1S/C29H37N3O4S/c1-5-26(33)31-24-15-18-32(29(19-24)16-6-17-29)37(35,36)25-13-9-22(10-14-25)27(34)30-20-21-7-11-23(12-8-21)28(2,3)4/h5,7-14,24H,1,6,15-20H2,2-4H3,(H,30,34)(H,31,33). The summed E-state index contributed by atoms with van der Waals surface area (Å²) < 4.78 is 28.8. The van der Waals surface area contributed by atoms with Gasteiger partial charge in [-0.15, -0.1) is 0 Å². The van der Waals surface area contributed by atoms with Gasteiger partial charge < -0.3 is 10.6 Å². The third-order valence-electron chi connectivity index (χ3n) is 7.63.